The van der Waals surface area contributed by atoms with Gasteiger partial charge in [0.05, 0.1) is 0 Å². The van der Waals surface area contributed by atoms with Crippen molar-refractivity contribution >= 4 is 23.5 Å². The molecule has 31 heavy (non-hydrogen) atoms. The first-order chi connectivity index (χ1) is 15.0. The Labute approximate surface area is 188 Å². The molecule has 7 heteroatoms. The second kappa shape index (κ2) is 9.87. The van der Waals surface area contributed by atoms with Crippen molar-refractivity contribution in [3.63, 3.8) is 0 Å². The monoisotopic (exact) mass is 438 g/mol. The van der Waals surface area contributed by atoms with Crippen LogP contribution in [0.3, 0.4) is 0 Å². The molecule has 2 aliphatic rings. The lowest BCUT2D eigenvalue weighted by atomic mass is 10.0. The van der Waals surface area contributed by atoms with Crippen LogP contribution in [-0.2, 0) is 4.79 Å². The maximum Gasteiger partial charge on any atom is 0.270 e. The predicted octanol–water partition coefficient (Wildman–Crippen LogP) is 3.64. The molecular weight excluding hydrogens is 408 g/mol. The van der Waals surface area contributed by atoms with Crippen molar-refractivity contribution in [3.8, 4) is 11.1 Å². The van der Waals surface area contributed by atoms with Gasteiger partial charge in [0.2, 0.25) is 0 Å². The fraction of sp³-hybridized carbons (Fsp3) is 0.375. The lowest BCUT2D eigenvalue weighted by Gasteiger charge is -2.39. The molecule has 0 aromatic heterocycles. The molecule has 2 aliphatic heterocycles. The fourth-order valence-electron chi connectivity index (χ4n) is 4.02. The summed E-state index contributed by atoms with van der Waals surface area (Å²) in [6.07, 6.45) is 2.51. The highest BCUT2D eigenvalue weighted by atomic mass is 32.2. The van der Waals surface area contributed by atoms with Gasteiger partial charge in [-0.15, -0.1) is 0 Å². The van der Waals surface area contributed by atoms with Crippen molar-refractivity contribution < 1.29 is 10.0 Å². The number of carbonyl (C=O) groups excluding carboxylic acids is 1. The van der Waals surface area contributed by atoms with Gasteiger partial charge in [-0.1, -0.05) is 30.3 Å². The number of piperazine rings is 1. The number of carbonyl (C=O) groups is 1. The topological polar surface area (TPSA) is 59.1 Å². The third kappa shape index (κ3) is 5.30. The van der Waals surface area contributed by atoms with Crippen LogP contribution in [0.25, 0.3) is 11.1 Å². The van der Waals surface area contributed by atoms with E-state index in [2.05, 4.69) is 76.6 Å². The highest BCUT2D eigenvalue weighted by Gasteiger charge is 2.21. The van der Waals surface area contributed by atoms with Gasteiger partial charge in [-0.25, -0.2) is 9.79 Å². The molecule has 6 nitrogen and oxygen atoms in total. The van der Waals surface area contributed by atoms with Gasteiger partial charge in [-0.05, 0) is 67.7 Å². The van der Waals surface area contributed by atoms with E-state index in [4.69, 9.17) is 5.21 Å². The number of hydroxylamine groups is 1. The summed E-state index contributed by atoms with van der Waals surface area (Å²) in [5.41, 5.74) is 6.08. The summed E-state index contributed by atoms with van der Waals surface area (Å²) in [4.78, 5) is 17.5. The van der Waals surface area contributed by atoms with Gasteiger partial charge in [0.25, 0.3) is 5.91 Å². The van der Waals surface area contributed by atoms with Crippen molar-refractivity contribution in [1.82, 2.24) is 14.7 Å². The maximum absolute atomic E-state index is 11.5. The van der Waals surface area contributed by atoms with Crippen LogP contribution in [0.2, 0.25) is 0 Å². The second-order valence-corrected chi connectivity index (χ2v) is 9.42. The van der Waals surface area contributed by atoms with Crippen LogP contribution in [0.5, 0.6) is 0 Å². The molecule has 1 atom stereocenters. The van der Waals surface area contributed by atoms with Crippen LogP contribution in [0.1, 0.15) is 13.3 Å². The number of rotatable bonds is 5. The molecular formula is C24H30N4O2S. The van der Waals surface area contributed by atoms with E-state index in [9.17, 15) is 4.79 Å². The van der Waals surface area contributed by atoms with Crippen molar-refractivity contribution in [2.75, 3.05) is 44.7 Å². The van der Waals surface area contributed by atoms with E-state index in [0.29, 0.717) is 24.6 Å². The van der Waals surface area contributed by atoms with Gasteiger partial charge in [0, 0.05) is 54.9 Å². The number of likely N-dealkylation sites (N-methyl/N-ethyl adjacent to an activating group) is 1. The lowest BCUT2D eigenvalue weighted by Crippen LogP contribution is -2.50. The van der Waals surface area contributed by atoms with Crippen LogP contribution in [0.15, 0.2) is 65.1 Å². The van der Waals surface area contributed by atoms with E-state index < -0.39 is 5.91 Å². The van der Waals surface area contributed by atoms with E-state index in [1.807, 2.05) is 6.08 Å². The molecule has 2 aromatic rings. The smallest absolute Gasteiger partial charge is 0.270 e. The molecule has 164 valence electrons. The van der Waals surface area contributed by atoms with Crippen molar-refractivity contribution in [3.05, 3.63) is 60.2 Å². The minimum Gasteiger partial charge on any atom is -0.369 e. The van der Waals surface area contributed by atoms with Crippen LogP contribution in [-0.4, -0.2) is 66.1 Å². The van der Waals surface area contributed by atoms with Crippen molar-refractivity contribution in [2.45, 2.75) is 24.3 Å². The van der Waals surface area contributed by atoms with Crippen LogP contribution in [0, 0.1) is 0 Å². The van der Waals surface area contributed by atoms with Gasteiger partial charge in [0.15, 0.2) is 0 Å². The van der Waals surface area contributed by atoms with E-state index in [1.165, 1.54) is 21.7 Å². The molecule has 1 fully saturated rings. The molecule has 0 bridgehead atoms. The Hall–Kier alpha value is -2.32. The Morgan fingerprint density at radius 2 is 1.71 bits per heavy atom. The highest BCUT2D eigenvalue weighted by molar-refractivity contribution is 7.97. The third-order valence-corrected chi connectivity index (χ3v) is 7.25. The number of anilines is 1. The molecule has 4 rings (SSSR count). The quantitative estimate of drug-likeness (QED) is 0.422. The Morgan fingerprint density at radius 3 is 2.29 bits per heavy atom. The molecule has 2 heterocycles. The highest BCUT2D eigenvalue weighted by Crippen LogP contribution is 2.29. The van der Waals surface area contributed by atoms with Crippen molar-refractivity contribution in [1.29, 1.82) is 0 Å². The third-order valence-electron chi connectivity index (χ3n) is 6.18. The average Bonchev–Trinajstić information content (AvgIpc) is 2.81. The summed E-state index contributed by atoms with van der Waals surface area (Å²) >= 11 is 1.70. The molecule has 1 amide bonds. The second-order valence-electron chi connectivity index (χ2n) is 8.25. The Bertz CT molecular complexity index is 930. The standard InChI is InChI=1S/C24H30N4O2S/c1-18-17-27(16-15-26(18)2)22-7-3-19(4-8-22)20-5-9-23(10-6-20)31-28-13-11-21(12-14-28)24(29)25-30/h3-11,18,30H,12-17H2,1-2H3,(H,25,29). The molecule has 0 aliphatic carbocycles. The Kier molecular flexibility index (Phi) is 6.97. The van der Waals surface area contributed by atoms with E-state index in [0.717, 1.165) is 26.2 Å². The normalized spacial score (nSPS) is 20.4. The first-order valence-corrected chi connectivity index (χ1v) is 11.5. The summed E-state index contributed by atoms with van der Waals surface area (Å²) in [5.74, 6) is -0.401. The predicted molar refractivity (Wildman–Crippen MR) is 126 cm³/mol. The Balaban J connectivity index is 1.35. The van der Waals surface area contributed by atoms with Crippen LogP contribution in [0.4, 0.5) is 5.69 Å². The number of hydrogen-bond donors (Lipinski definition) is 2. The number of nitrogens with one attached hydrogen (secondary N) is 1. The zero-order valence-corrected chi connectivity index (χ0v) is 18.9. The SMILES string of the molecule is CC1CN(c2ccc(-c3ccc(SN4CC=C(C(=O)NO)CC4)cc3)cc2)CCN1C. The van der Waals surface area contributed by atoms with Gasteiger partial charge in [0.1, 0.15) is 0 Å². The first-order valence-electron chi connectivity index (χ1n) is 10.8. The summed E-state index contributed by atoms with van der Waals surface area (Å²) in [6.45, 7) is 6.99. The molecule has 1 unspecified atom stereocenters. The molecule has 1 saturated heterocycles. The van der Waals surface area contributed by atoms with E-state index in [-0.39, 0.29) is 0 Å². The fourth-order valence-corrected chi connectivity index (χ4v) is 4.90. The molecule has 0 spiro atoms. The Morgan fingerprint density at radius 1 is 1.03 bits per heavy atom. The number of amides is 1. The minimum absolute atomic E-state index is 0.401. The van der Waals surface area contributed by atoms with E-state index >= 15 is 0 Å². The van der Waals surface area contributed by atoms with Gasteiger partial charge in [-0.2, -0.15) is 0 Å². The number of hydrogen-bond acceptors (Lipinski definition) is 6. The van der Waals surface area contributed by atoms with Gasteiger partial charge < -0.3 is 9.80 Å². The summed E-state index contributed by atoms with van der Waals surface area (Å²) in [7, 11) is 2.20. The first kappa shape index (κ1) is 21.9. The number of benzene rings is 2. The zero-order chi connectivity index (χ0) is 21.8. The minimum atomic E-state index is -0.401. The summed E-state index contributed by atoms with van der Waals surface area (Å²) in [5, 5.41) is 8.75. The largest absolute Gasteiger partial charge is 0.369 e. The van der Waals surface area contributed by atoms with E-state index in [1.54, 1.807) is 17.4 Å². The zero-order valence-electron chi connectivity index (χ0n) is 18.1. The average molecular weight is 439 g/mol. The molecule has 2 N–H and O–H groups in total. The summed E-state index contributed by atoms with van der Waals surface area (Å²) in [6, 6.07) is 18.1. The number of nitrogens with zero attached hydrogens (tertiary/aromatic N) is 3. The maximum atomic E-state index is 11.5. The van der Waals surface area contributed by atoms with Crippen LogP contribution >= 0.6 is 11.9 Å². The van der Waals surface area contributed by atoms with Crippen molar-refractivity contribution in [2.24, 2.45) is 0 Å². The molecule has 2 aromatic carbocycles. The molecule has 0 saturated carbocycles. The summed E-state index contributed by atoms with van der Waals surface area (Å²) < 4.78 is 2.22. The lowest BCUT2D eigenvalue weighted by molar-refractivity contribution is -0.125. The van der Waals surface area contributed by atoms with Crippen LogP contribution < -0.4 is 10.4 Å². The van der Waals surface area contributed by atoms with Gasteiger partial charge in [-0.3, -0.25) is 10.0 Å². The molecule has 0 radical (unpaired) electrons. The van der Waals surface area contributed by atoms with Gasteiger partial charge >= 0.3 is 0 Å².